The number of fused-ring (bicyclic) bond motifs is 1. The van der Waals surface area contributed by atoms with E-state index in [1.165, 1.54) is 4.90 Å². The Kier molecular flexibility index (Phi) is 4.51. The maximum atomic E-state index is 12.9. The van der Waals surface area contributed by atoms with Crippen LogP contribution >= 0.6 is 0 Å². The molecule has 0 saturated heterocycles. The summed E-state index contributed by atoms with van der Waals surface area (Å²) < 4.78 is 5.93. The Labute approximate surface area is 140 Å². The summed E-state index contributed by atoms with van der Waals surface area (Å²) in [6, 6.07) is 15.0. The van der Waals surface area contributed by atoms with Crippen molar-refractivity contribution in [3.63, 3.8) is 0 Å². The van der Waals surface area contributed by atoms with Crippen LogP contribution in [0.1, 0.15) is 30.6 Å². The number of carbonyl (C=O) groups is 2. The van der Waals surface area contributed by atoms with Crippen LogP contribution in [0.4, 0.5) is 5.69 Å². The number of anilines is 1. The molecule has 2 aromatic rings. The molecular formula is C19H19NO4. The molecule has 1 aliphatic rings. The Balaban J connectivity index is 2.00. The first kappa shape index (κ1) is 16.1. The van der Waals surface area contributed by atoms with Gasteiger partial charge in [0.25, 0.3) is 5.91 Å². The fraction of sp³-hybridized carbons (Fsp3) is 0.263. The van der Waals surface area contributed by atoms with Gasteiger partial charge >= 0.3 is 5.97 Å². The summed E-state index contributed by atoms with van der Waals surface area (Å²) in [7, 11) is 0. The maximum absolute atomic E-state index is 12.9. The Morgan fingerprint density at radius 2 is 1.96 bits per heavy atom. The van der Waals surface area contributed by atoms with Gasteiger partial charge in [-0.1, -0.05) is 43.3 Å². The molecule has 24 heavy (non-hydrogen) atoms. The predicted molar refractivity (Wildman–Crippen MR) is 90.2 cm³/mol. The molecule has 0 bridgehead atoms. The van der Waals surface area contributed by atoms with Crippen LogP contribution in [-0.4, -0.2) is 23.5 Å². The van der Waals surface area contributed by atoms with Crippen molar-refractivity contribution in [3.05, 3.63) is 59.7 Å². The standard InChI is InChI=1S/C19H19NO4/c1-2-13-8-9-16-15(12-13)20(11-10-17(21)22)19(23)18(24-16)14-6-4-3-5-7-14/h3-9,12,18H,2,10-11H2,1H3,(H,21,22). The molecular weight excluding hydrogens is 306 g/mol. The van der Waals surface area contributed by atoms with E-state index in [9.17, 15) is 9.59 Å². The van der Waals surface area contributed by atoms with E-state index in [0.29, 0.717) is 11.4 Å². The van der Waals surface area contributed by atoms with Gasteiger partial charge in [-0.3, -0.25) is 9.59 Å². The van der Waals surface area contributed by atoms with Gasteiger partial charge in [-0.05, 0) is 24.1 Å². The highest BCUT2D eigenvalue weighted by Gasteiger charge is 2.35. The van der Waals surface area contributed by atoms with Gasteiger partial charge in [0.15, 0.2) is 0 Å². The summed E-state index contributed by atoms with van der Waals surface area (Å²) in [5.41, 5.74) is 2.48. The molecule has 1 N–H and O–H groups in total. The number of nitrogens with zero attached hydrogens (tertiary/aromatic N) is 1. The van der Waals surface area contributed by atoms with E-state index < -0.39 is 12.1 Å². The Morgan fingerprint density at radius 1 is 1.21 bits per heavy atom. The third-order valence-electron chi connectivity index (χ3n) is 4.11. The van der Waals surface area contributed by atoms with Crippen molar-refractivity contribution in [3.8, 4) is 5.75 Å². The van der Waals surface area contributed by atoms with Crippen molar-refractivity contribution in [1.82, 2.24) is 0 Å². The van der Waals surface area contributed by atoms with Crippen LogP contribution in [-0.2, 0) is 16.0 Å². The van der Waals surface area contributed by atoms with Crippen LogP contribution in [0.15, 0.2) is 48.5 Å². The highest BCUT2D eigenvalue weighted by molar-refractivity contribution is 6.01. The van der Waals surface area contributed by atoms with Gasteiger partial charge in [-0.15, -0.1) is 0 Å². The van der Waals surface area contributed by atoms with E-state index >= 15 is 0 Å². The van der Waals surface area contributed by atoms with Crippen LogP contribution in [0.25, 0.3) is 0 Å². The molecule has 0 radical (unpaired) electrons. The molecule has 3 rings (SSSR count). The molecule has 5 nitrogen and oxygen atoms in total. The quantitative estimate of drug-likeness (QED) is 0.917. The molecule has 1 atom stereocenters. The number of carbonyl (C=O) groups excluding carboxylic acids is 1. The van der Waals surface area contributed by atoms with Gasteiger partial charge in [-0.2, -0.15) is 0 Å². The summed E-state index contributed by atoms with van der Waals surface area (Å²) in [6.45, 7) is 2.16. The van der Waals surface area contributed by atoms with Crippen molar-refractivity contribution >= 4 is 17.6 Å². The number of ether oxygens (including phenoxy) is 1. The van der Waals surface area contributed by atoms with E-state index in [2.05, 4.69) is 0 Å². The van der Waals surface area contributed by atoms with Crippen molar-refractivity contribution < 1.29 is 19.4 Å². The lowest BCUT2D eigenvalue weighted by molar-refractivity contribution is -0.136. The largest absolute Gasteiger partial charge is 0.481 e. The van der Waals surface area contributed by atoms with Crippen LogP contribution in [0.2, 0.25) is 0 Å². The number of hydrogen-bond acceptors (Lipinski definition) is 3. The number of benzene rings is 2. The normalized spacial score (nSPS) is 16.5. The minimum Gasteiger partial charge on any atom is -0.481 e. The first-order chi connectivity index (χ1) is 11.6. The lowest BCUT2D eigenvalue weighted by Gasteiger charge is -2.34. The summed E-state index contributed by atoms with van der Waals surface area (Å²) in [6.07, 6.45) is -0.0284. The smallest absolute Gasteiger partial charge is 0.305 e. The lowest BCUT2D eigenvalue weighted by atomic mass is 10.0. The molecule has 0 spiro atoms. The molecule has 1 amide bonds. The maximum Gasteiger partial charge on any atom is 0.305 e. The molecule has 5 heteroatoms. The Bertz CT molecular complexity index is 757. The zero-order valence-corrected chi connectivity index (χ0v) is 13.4. The highest BCUT2D eigenvalue weighted by atomic mass is 16.5. The molecule has 2 aromatic carbocycles. The zero-order valence-electron chi connectivity index (χ0n) is 13.4. The fourth-order valence-corrected chi connectivity index (χ4v) is 2.81. The molecule has 0 saturated carbocycles. The summed E-state index contributed by atoms with van der Waals surface area (Å²) >= 11 is 0. The summed E-state index contributed by atoms with van der Waals surface area (Å²) in [4.78, 5) is 25.4. The van der Waals surface area contributed by atoms with Gasteiger partial charge in [-0.25, -0.2) is 0 Å². The van der Waals surface area contributed by atoms with Gasteiger partial charge in [0.05, 0.1) is 12.1 Å². The second kappa shape index (κ2) is 6.74. The number of aryl methyl sites for hydroxylation is 1. The minimum absolute atomic E-state index is 0.108. The molecule has 1 aliphatic heterocycles. The zero-order chi connectivity index (χ0) is 17.1. The highest BCUT2D eigenvalue weighted by Crippen LogP contribution is 2.39. The van der Waals surface area contributed by atoms with Crippen LogP contribution in [0.5, 0.6) is 5.75 Å². The summed E-state index contributed by atoms with van der Waals surface area (Å²) in [5.74, 6) is -0.562. The monoisotopic (exact) mass is 325 g/mol. The molecule has 1 heterocycles. The summed E-state index contributed by atoms with van der Waals surface area (Å²) in [5, 5.41) is 8.99. The van der Waals surface area contributed by atoms with Gasteiger partial charge in [0.2, 0.25) is 6.10 Å². The Hall–Kier alpha value is -2.82. The van der Waals surface area contributed by atoms with Crippen molar-refractivity contribution in [1.29, 1.82) is 0 Å². The van der Waals surface area contributed by atoms with E-state index in [-0.39, 0.29) is 18.9 Å². The fourth-order valence-electron chi connectivity index (χ4n) is 2.81. The van der Waals surface area contributed by atoms with Crippen LogP contribution in [0.3, 0.4) is 0 Å². The van der Waals surface area contributed by atoms with E-state index in [1.54, 1.807) is 0 Å². The molecule has 124 valence electrons. The molecule has 0 aliphatic carbocycles. The van der Waals surface area contributed by atoms with Crippen LogP contribution in [0, 0.1) is 0 Å². The topological polar surface area (TPSA) is 66.8 Å². The van der Waals surface area contributed by atoms with Gasteiger partial charge in [0, 0.05) is 12.1 Å². The second-order valence-electron chi connectivity index (χ2n) is 5.70. The second-order valence-corrected chi connectivity index (χ2v) is 5.70. The SMILES string of the molecule is CCc1ccc2c(c1)N(CCC(=O)O)C(=O)C(c1ccccc1)O2. The average Bonchev–Trinajstić information content (AvgIpc) is 2.60. The van der Waals surface area contributed by atoms with Crippen molar-refractivity contribution in [2.45, 2.75) is 25.9 Å². The first-order valence-corrected chi connectivity index (χ1v) is 7.98. The third-order valence-corrected chi connectivity index (χ3v) is 4.11. The number of rotatable bonds is 5. The number of amides is 1. The molecule has 0 fully saturated rings. The molecule has 1 unspecified atom stereocenters. The number of carboxylic acid groups (broad SMARTS) is 1. The van der Waals surface area contributed by atoms with Crippen molar-refractivity contribution in [2.75, 3.05) is 11.4 Å². The number of aliphatic carboxylic acids is 1. The lowest BCUT2D eigenvalue weighted by Crippen LogP contribution is -2.42. The van der Waals surface area contributed by atoms with Crippen molar-refractivity contribution in [2.24, 2.45) is 0 Å². The van der Waals surface area contributed by atoms with Crippen LogP contribution < -0.4 is 9.64 Å². The molecule has 0 aromatic heterocycles. The third kappa shape index (κ3) is 3.11. The number of carboxylic acids is 1. The van der Waals surface area contributed by atoms with E-state index in [0.717, 1.165) is 17.5 Å². The van der Waals surface area contributed by atoms with Gasteiger partial charge < -0.3 is 14.7 Å². The Morgan fingerprint density at radius 3 is 2.62 bits per heavy atom. The van der Waals surface area contributed by atoms with Gasteiger partial charge in [0.1, 0.15) is 5.75 Å². The number of hydrogen-bond donors (Lipinski definition) is 1. The van der Waals surface area contributed by atoms with E-state index in [4.69, 9.17) is 9.84 Å². The first-order valence-electron chi connectivity index (χ1n) is 7.98. The minimum atomic E-state index is -0.932. The average molecular weight is 325 g/mol. The van der Waals surface area contributed by atoms with E-state index in [1.807, 2.05) is 55.5 Å². The predicted octanol–water partition coefficient (Wildman–Crippen LogP) is 3.19.